The van der Waals surface area contributed by atoms with E-state index in [9.17, 15) is 0 Å². The summed E-state index contributed by atoms with van der Waals surface area (Å²) in [6.07, 6.45) is 0. The Bertz CT molecular complexity index is 3480. The van der Waals surface area contributed by atoms with Crippen LogP contribution in [0.25, 0.3) is 116 Å². The number of furan rings is 2. The van der Waals surface area contributed by atoms with Gasteiger partial charge in [0.1, 0.15) is 22.4 Å². The van der Waals surface area contributed by atoms with Gasteiger partial charge in [-0.25, -0.2) is 9.97 Å². The van der Waals surface area contributed by atoms with Crippen LogP contribution in [0.4, 0.5) is 0 Å². The third-order valence-electron chi connectivity index (χ3n) is 10.8. The molecule has 0 saturated heterocycles. The summed E-state index contributed by atoms with van der Waals surface area (Å²) < 4.78 is 15.8. The number of aromatic nitrogens is 3. The van der Waals surface area contributed by atoms with Crippen molar-refractivity contribution in [2.45, 2.75) is 0 Å². The molecule has 4 aromatic heterocycles. The van der Waals surface area contributed by atoms with Crippen molar-refractivity contribution in [1.82, 2.24) is 14.5 Å². The van der Waals surface area contributed by atoms with Gasteiger partial charge >= 0.3 is 0 Å². The molecule has 0 fully saturated rings. The fourth-order valence-corrected chi connectivity index (χ4v) is 8.42. The van der Waals surface area contributed by atoms with Gasteiger partial charge in [0.15, 0.2) is 17.0 Å². The topological polar surface area (TPSA) is 57.0 Å². The van der Waals surface area contributed by atoms with Crippen LogP contribution in [0.2, 0.25) is 0 Å². The summed E-state index contributed by atoms with van der Waals surface area (Å²) in [5.74, 6) is 0.619. The van der Waals surface area contributed by atoms with E-state index in [4.69, 9.17) is 18.8 Å². The molecule has 0 saturated carbocycles. The standard InChI is InChI=1S/C48H27N3O2/c1-2-13-30-27-31(24-23-28(30)11-1)43-47-44(35-16-6-8-21-40(35)52-47)50-48(49-43)37-18-10-22-41-42(37)36-17-9-20-39(46(36)53-41)51-38-19-7-5-15-33(38)34-26-25-29-12-3-4-14-32(29)45(34)51/h1-27H. The molecule has 0 aliphatic carbocycles. The normalized spacial score (nSPS) is 12.2. The first-order valence-electron chi connectivity index (χ1n) is 17.8. The minimum absolute atomic E-state index is 0.619. The second-order valence-electron chi connectivity index (χ2n) is 13.7. The number of nitrogens with zero attached hydrogens (tertiary/aromatic N) is 3. The van der Waals surface area contributed by atoms with Crippen molar-refractivity contribution < 1.29 is 8.83 Å². The molecule has 0 unspecified atom stereocenters. The van der Waals surface area contributed by atoms with E-state index < -0.39 is 0 Å². The zero-order chi connectivity index (χ0) is 34.6. The van der Waals surface area contributed by atoms with Gasteiger partial charge < -0.3 is 13.4 Å². The average molecular weight is 678 g/mol. The number of para-hydroxylation sites is 3. The molecule has 0 bridgehead atoms. The monoisotopic (exact) mass is 677 g/mol. The van der Waals surface area contributed by atoms with Crippen LogP contribution < -0.4 is 0 Å². The average Bonchev–Trinajstić information content (AvgIpc) is 3.90. The van der Waals surface area contributed by atoms with Crippen LogP contribution in [0.1, 0.15) is 0 Å². The fourth-order valence-electron chi connectivity index (χ4n) is 8.42. The van der Waals surface area contributed by atoms with Gasteiger partial charge in [0, 0.05) is 43.4 Å². The Labute approximate surface area is 302 Å². The van der Waals surface area contributed by atoms with Gasteiger partial charge in [-0.1, -0.05) is 127 Å². The van der Waals surface area contributed by atoms with E-state index in [2.05, 4.69) is 138 Å². The van der Waals surface area contributed by atoms with Crippen molar-refractivity contribution in [3.63, 3.8) is 0 Å². The van der Waals surface area contributed by atoms with E-state index in [1.165, 1.54) is 26.9 Å². The van der Waals surface area contributed by atoms with Crippen molar-refractivity contribution in [3.8, 4) is 28.3 Å². The predicted octanol–water partition coefficient (Wildman–Crippen LogP) is 13.0. The maximum absolute atomic E-state index is 6.89. The quantitative estimate of drug-likeness (QED) is 0.187. The van der Waals surface area contributed by atoms with E-state index >= 15 is 0 Å². The second kappa shape index (κ2) is 10.6. The minimum atomic E-state index is 0.619. The molecular formula is C48H27N3O2. The van der Waals surface area contributed by atoms with Crippen molar-refractivity contribution in [2.75, 3.05) is 0 Å². The Morgan fingerprint density at radius 3 is 2.08 bits per heavy atom. The Morgan fingerprint density at radius 1 is 0.453 bits per heavy atom. The number of hydrogen-bond acceptors (Lipinski definition) is 4. The van der Waals surface area contributed by atoms with E-state index in [1.807, 2.05) is 30.3 Å². The smallest absolute Gasteiger partial charge is 0.180 e. The lowest BCUT2D eigenvalue weighted by atomic mass is 10.0. The summed E-state index contributed by atoms with van der Waals surface area (Å²) in [5.41, 5.74) is 9.76. The van der Waals surface area contributed by atoms with Gasteiger partial charge in [0.05, 0.1) is 16.7 Å². The lowest BCUT2D eigenvalue weighted by Crippen LogP contribution is -1.95. The first kappa shape index (κ1) is 28.5. The number of hydrogen-bond donors (Lipinski definition) is 0. The van der Waals surface area contributed by atoms with Gasteiger partial charge in [-0.05, 0) is 52.6 Å². The van der Waals surface area contributed by atoms with Crippen molar-refractivity contribution >= 4 is 87.4 Å². The molecule has 0 spiro atoms. The molecule has 0 aliphatic heterocycles. The van der Waals surface area contributed by atoms with Crippen LogP contribution in [-0.2, 0) is 0 Å². The van der Waals surface area contributed by atoms with Crippen molar-refractivity contribution in [1.29, 1.82) is 0 Å². The minimum Gasteiger partial charge on any atom is -0.454 e. The van der Waals surface area contributed by atoms with Crippen LogP contribution in [-0.4, -0.2) is 14.5 Å². The largest absolute Gasteiger partial charge is 0.454 e. The van der Waals surface area contributed by atoms with Gasteiger partial charge in [0.25, 0.3) is 0 Å². The summed E-state index contributed by atoms with van der Waals surface area (Å²) in [4.78, 5) is 10.6. The van der Waals surface area contributed by atoms with Crippen LogP contribution >= 0.6 is 0 Å². The molecule has 53 heavy (non-hydrogen) atoms. The summed E-state index contributed by atoms with van der Waals surface area (Å²) in [6.45, 7) is 0. The summed E-state index contributed by atoms with van der Waals surface area (Å²) in [6, 6.07) is 57.2. The summed E-state index contributed by atoms with van der Waals surface area (Å²) in [7, 11) is 0. The lowest BCUT2D eigenvalue weighted by molar-refractivity contribution is 0.666. The van der Waals surface area contributed by atoms with E-state index in [0.717, 1.165) is 77.4 Å². The highest BCUT2D eigenvalue weighted by atomic mass is 16.3. The Kier molecular flexibility index (Phi) is 5.71. The van der Waals surface area contributed by atoms with Gasteiger partial charge in [-0.2, -0.15) is 0 Å². The molecule has 0 atom stereocenters. The zero-order valence-corrected chi connectivity index (χ0v) is 28.2. The second-order valence-corrected chi connectivity index (χ2v) is 13.7. The van der Waals surface area contributed by atoms with Gasteiger partial charge in [-0.3, -0.25) is 0 Å². The molecule has 8 aromatic carbocycles. The SMILES string of the molecule is c1ccc2cc(-c3nc(-c4cccc5oc6c(-n7c8ccccc8c8ccc9ccccc9c87)cccc6c45)nc4c3oc3ccccc34)ccc2c1. The number of fused-ring (bicyclic) bond motifs is 12. The number of rotatable bonds is 3. The highest BCUT2D eigenvalue weighted by molar-refractivity contribution is 6.20. The molecule has 0 amide bonds. The predicted molar refractivity (Wildman–Crippen MR) is 217 cm³/mol. The van der Waals surface area contributed by atoms with Gasteiger partial charge in [-0.15, -0.1) is 0 Å². The molecule has 12 aromatic rings. The first-order valence-corrected chi connectivity index (χ1v) is 17.8. The van der Waals surface area contributed by atoms with Crippen LogP contribution in [0, 0.1) is 0 Å². The van der Waals surface area contributed by atoms with Gasteiger partial charge in [0.2, 0.25) is 0 Å². The van der Waals surface area contributed by atoms with E-state index in [1.54, 1.807) is 0 Å². The third-order valence-corrected chi connectivity index (χ3v) is 10.8. The van der Waals surface area contributed by atoms with Crippen LogP contribution in [0.15, 0.2) is 173 Å². The summed E-state index contributed by atoms with van der Waals surface area (Å²) >= 11 is 0. The molecule has 246 valence electrons. The van der Waals surface area contributed by atoms with Crippen molar-refractivity contribution in [3.05, 3.63) is 164 Å². The molecule has 0 aliphatic rings. The van der Waals surface area contributed by atoms with Crippen molar-refractivity contribution in [2.24, 2.45) is 0 Å². The highest BCUT2D eigenvalue weighted by Gasteiger charge is 2.23. The Hall–Kier alpha value is -7.24. The van der Waals surface area contributed by atoms with E-state index in [0.29, 0.717) is 11.4 Å². The molecule has 5 nitrogen and oxygen atoms in total. The lowest BCUT2D eigenvalue weighted by Gasteiger charge is -2.10. The molecule has 5 heteroatoms. The maximum Gasteiger partial charge on any atom is 0.180 e. The Morgan fingerprint density at radius 2 is 1.15 bits per heavy atom. The van der Waals surface area contributed by atoms with E-state index in [-0.39, 0.29) is 0 Å². The van der Waals surface area contributed by atoms with Crippen LogP contribution in [0.3, 0.4) is 0 Å². The maximum atomic E-state index is 6.89. The molecule has 0 N–H and O–H groups in total. The highest BCUT2D eigenvalue weighted by Crippen LogP contribution is 2.43. The molecule has 12 rings (SSSR count). The fraction of sp³-hybridized carbons (Fsp3) is 0. The summed E-state index contributed by atoms with van der Waals surface area (Å²) in [5, 5.41) is 10.1. The molecule has 0 radical (unpaired) electrons. The Balaban J connectivity index is 1.16. The first-order chi connectivity index (χ1) is 26.3. The van der Waals surface area contributed by atoms with Crippen LogP contribution in [0.5, 0.6) is 0 Å². The third kappa shape index (κ3) is 4.02. The zero-order valence-electron chi connectivity index (χ0n) is 28.2. The molecule has 4 heterocycles. The number of benzene rings is 8. The molecular weight excluding hydrogens is 651 g/mol.